The van der Waals surface area contributed by atoms with Gasteiger partial charge in [0.1, 0.15) is 0 Å². The second-order valence-corrected chi connectivity index (χ2v) is 16.8. The largest absolute Gasteiger partial charge is 0.378 e. The van der Waals surface area contributed by atoms with Crippen LogP contribution in [-0.4, -0.2) is 76.3 Å². The van der Waals surface area contributed by atoms with Crippen molar-refractivity contribution in [1.82, 2.24) is 4.90 Å². The predicted octanol–water partition coefficient (Wildman–Crippen LogP) is 6.62. The van der Waals surface area contributed by atoms with Crippen molar-refractivity contribution in [3.05, 3.63) is 35.9 Å². The summed E-state index contributed by atoms with van der Waals surface area (Å²) < 4.78 is 20.4. The maximum absolute atomic E-state index is 7.04. The molecule has 7 nitrogen and oxygen atoms in total. The highest BCUT2D eigenvalue weighted by Crippen LogP contribution is 2.69. The Morgan fingerprint density at radius 3 is 2.21 bits per heavy atom. The van der Waals surface area contributed by atoms with Crippen molar-refractivity contribution >= 4 is 0 Å². The Hall–Kier alpha value is -1.06. The maximum atomic E-state index is 7.04. The summed E-state index contributed by atoms with van der Waals surface area (Å²) in [7, 11) is 2.27. The van der Waals surface area contributed by atoms with Crippen LogP contribution in [0.5, 0.6) is 0 Å². The van der Waals surface area contributed by atoms with Gasteiger partial charge in [-0.15, -0.1) is 0 Å². The fourth-order valence-corrected chi connectivity index (χ4v) is 11.5. The quantitative estimate of drug-likeness (QED) is 0.142. The van der Waals surface area contributed by atoms with Crippen LogP contribution in [-0.2, 0) is 20.8 Å². The zero-order valence-corrected chi connectivity index (χ0v) is 31.1. The normalized spacial score (nSPS) is 36.8. The van der Waals surface area contributed by atoms with Crippen LogP contribution < -0.4 is 17.2 Å². The van der Waals surface area contributed by atoms with Gasteiger partial charge in [0, 0.05) is 31.8 Å². The smallest absolute Gasteiger partial charge is 0.0637 e. The molecule has 3 unspecified atom stereocenters. The van der Waals surface area contributed by atoms with Crippen LogP contribution in [0.2, 0.25) is 0 Å². The number of rotatable bonds is 19. The minimum Gasteiger partial charge on any atom is -0.378 e. The van der Waals surface area contributed by atoms with Crippen molar-refractivity contribution in [3.63, 3.8) is 0 Å². The van der Waals surface area contributed by atoms with Gasteiger partial charge in [-0.2, -0.15) is 0 Å². The van der Waals surface area contributed by atoms with E-state index in [9.17, 15) is 0 Å². The molecule has 0 amide bonds. The van der Waals surface area contributed by atoms with Crippen LogP contribution in [0.15, 0.2) is 30.3 Å². The molecule has 0 heterocycles. The highest BCUT2D eigenvalue weighted by molar-refractivity contribution is 5.16. The first kappa shape index (κ1) is 38.2. The Kier molecular flexibility index (Phi) is 14.3. The van der Waals surface area contributed by atoms with Crippen molar-refractivity contribution in [3.8, 4) is 0 Å². The van der Waals surface area contributed by atoms with Crippen molar-refractivity contribution in [2.24, 2.45) is 63.5 Å². The first-order valence-electron chi connectivity index (χ1n) is 19.9. The summed E-state index contributed by atoms with van der Waals surface area (Å²) in [6.07, 6.45) is 14.8. The molecule has 7 heteroatoms. The van der Waals surface area contributed by atoms with Crippen LogP contribution in [0.3, 0.4) is 0 Å². The molecule has 11 atom stereocenters. The molecule has 0 aromatic heterocycles. The number of ether oxygens (including phenoxy) is 3. The molecule has 4 saturated carbocycles. The summed E-state index contributed by atoms with van der Waals surface area (Å²) in [6, 6.07) is 10.9. The fraction of sp³-hybridized carbons (Fsp3) is 0.854. The van der Waals surface area contributed by atoms with Crippen LogP contribution >= 0.6 is 0 Å². The van der Waals surface area contributed by atoms with Gasteiger partial charge < -0.3 is 36.3 Å². The van der Waals surface area contributed by atoms with Crippen LogP contribution in [0.4, 0.5) is 0 Å². The zero-order chi connectivity index (χ0) is 34.1. The third-order valence-corrected chi connectivity index (χ3v) is 14.0. The number of nitrogens with two attached hydrogens (primary N) is 3. The van der Waals surface area contributed by atoms with E-state index in [0.717, 1.165) is 71.4 Å². The molecule has 4 fully saturated rings. The minimum absolute atomic E-state index is 0.159. The molecule has 48 heavy (non-hydrogen) atoms. The second kappa shape index (κ2) is 17.9. The van der Waals surface area contributed by atoms with Crippen molar-refractivity contribution in [2.45, 2.75) is 123 Å². The molecule has 5 rings (SSSR count). The van der Waals surface area contributed by atoms with E-state index in [-0.39, 0.29) is 11.5 Å². The first-order valence-corrected chi connectivity index (χ1v) is 19.9. The maximum Gasteiger partial charge on any atom is 0.0637 e. The van der Waals surface area contributed by atoms with Gasteiger partial charge in [0.05, 0.1) is 18.3 Å². The lowest BCUT2D eigenvalue weighted by atomic mass is 9.43. The lowest BCUT2D eigenvalue weighted by Gasteiger charge is -2.65. The third kappa shape index (κ3) is 8.52. The Bertz CT molecular complexity index is 1080. The summed E-state index contributed by atoms with van der Waals surface area (Å²) in [5.74, 6) is 3.81. The molecule has 0 aliphatic heterocycles. The molecule has 0 spiro atoms. The molecular weight excluding hydrogens is 596 g/mol. The van der Waals surface area contributed by atoms with Gasteiger partial charge in [0.2, 0.25) is 0 Å². The van der Waals surface area contributed by atoms with Crippen molar-refractivity contribution in [2.75, 3.05) is 53.0 Å². The van der Waals surface area contributed by atoms with E-state index in [0.29, 0.717) is 72.8 Å². The first-order chi connectivity index (χ1) is 23.3. The molecular formula is C41H72N4O3. The van der Waals surface area contributed by atoms with E-state index < -0.39 is 0 Å². The Morgan fingerprint density at radius 2 is 1.50 bits per heavy atom. The highest BCUT2D eigenvalue weighted by atomic mass is 16.5. The predicted molar refractivity (Wildman–Crippen MR) is 197 cm³/mol. The topological polar surface area (TPSA) is 109 Å². The van der Waals surface area contributed by atoms with E-state index in [1.807, 2.05) is 0 Å². The van der Waals surface area contributed by atoms with E-state index >= 15 is 0 Å². The molecule has 0 bridgehead atoms. The van der Waals surface area contributed by atoms with Gasteiger partial charge >= 0.3 is 0 Å². The summed E-state index contributed by atoms with van der Waals surface area (Å²) in [5, 5.41) is 0. The molecule has 1 aromatic rings. The molecule has 6 N–H and O–H groups in total. The van der Waals surface area contributed by atoms with Gasteiger partial charge in [0.25, 0.3) is 0 Å². The summed E-state index contributed by atoms with van der Waals surface area (Å²) in [5.41, 5.74) is 19.6. The second-order valence-electron chi connectivity index (χ2n) is 16.8. The highest BCUT2D eigenvalue weighted by Gasteiger charge is 2.66. The van der Waals surface area contributed by atoms with E-state index in [1.54, 1.807) is 0 Å². The molecule has 0 saturated heterocycles. The van der Waals surface area contributed by atoms with Gasteiger partial charge in [-0.3, -0.25) is 0 Å². The average molecular weight is 669 g/mol. The Labute approximate surface area is 293 Å². The SMILES string of the molecule is C[C@H](CCCN(C)Cc1ccccc1)C1CC[C@H]2C3[C@H](OCCCN)CC4C[C@H](OCCCN)CC[C@]4(C)[C@H]3C[C@H](OCCCN)[C@]12C. The molecule has 0 radical (unpaired) electrons. The number of hydrogen-bond donors (Lipinski definition) is 3. The molecule has 1 aromatic carbocycles. The number of hydrogen-bond acceptors (Lipinski definition) is 7. The zero-order valence-electron chi connectivity index (χ0n) is 31.1. The molecule has 274 valence electrons. The lowest BCUT2D eigenvalue weighted by Crippen LogP contribution is -2.63. The number of nitrogens with zero attached hydrogens (tertiary/aromatic N) is 1. The van der Waals surface area contributed by atoms with E-state index in [2.05, 4.69) is 63.1 Å². The summed E-state index contributed by atoms with van der Waals surface area (Å²) >= 11 is 0. The molecule has 4 aliphatic carbocycles. The third-order valence-electron chi connectivity index (χ3n) is 14.0. The van der Waals surface area contributed by atoms with Crippen LogP contribution in [0.25, 0.3) is 0 Å². The summed E-state index contributed by atoms with van der Waals surface area (Å²) in [6.45, 7) is 14.4. The fourth-order valence-electron chi connectivity index (χ4n) is 11.5. The van der Waals surface area contributed by atoms with Crippen LogP contribution in [0, 0.1) is 46.3 Å². The van der Waals surface area contributed by atoms with Gasteiger partial charge in [-0.25, -0.2) is 0 Å². The van der Waals surface area contributed by atoms with E-state index in [4.69, 9.17) is 31.4 Å². The minimum atomic E-state index is 0.159. The average Bonchev–Trinajstić information content (AvgIpc) is 3.44. The van der Waals surface area contributed by atoms with Gasteiger partial charge in [-0.05, 0) is 157 Å². The monoisotopic (exact) mass is 669 g/mol. The molecule has 4 aliphatic rings. The Morgan fingerprint density at radius 1 is 0.812 bits per heavy atom. The summed E-state index contributed by atoms with van der Waals surface area (Å²) in [4.78, 5) is 2.49. The number of fused-ring (bicyclic) bond motifs is 5. The standard InChI is InChI=1S/C41H72N4O3/c1-30(12-8-22-45(4)29-31-13-6-5-7-14-31)34-15-16-35-39-36(28-38(41(34,35)3)48-25-11-21-44)40(2)18-17-33(46-23-9-19-42)26-32(40)27-37(39)47-24-10-20-43/h5-7,13-14,30,32-39H,8-12,15-29,42-44H2,1-4H3/t30-,32?,33-,34?,35+,36+,37-,38+,39?,40+,41-/m1/s1. The van der Waals surface area contributed by atoms with E-state index in [1.165, 1.54) is 44.1 Å². The lowest BCUT2D eigenvalue weighted by molar-refractivity contribution is -0.227. The Balaban J connectivity index is 1.34. The van der Waals surface area contributed by atoms with Crippen molar-refractivity contribution < 1.29 is 14.2 Å². The number of benzene rings is 1. The van der Waals surface area contributed by atoms with Crippen LogP contribution in [0.1, 0.15) is 103 Å². The van der Waals surface area contributed by atoms with Gasteiger partial charge in [0.15, 0.2) is 0 Å². The van der Waals surface area contributed by atoms with Gasteiger partial charge in [-0.1, -0.05) is 51.1 Å². The van der Waals surface area contributed by atoms with Crippen molar-refractivity contribution in [1.29, 1.82) is 0 Å².